The second-order valence-corrected chi connectivity index (χ2v) is 5.55. The SMILES string of the molecule is CNC1CCSCc2ccc(Br)cc21. The van der Waals surface area contributed by atoms with Gasteiger partial charge in [-0.3, -0.25) is 0 Å². The smallest absolute Gasteiger partial charge is 0.0328 e. The molecule has 3 heteroatoms. The molecule has 0 aromatic heterocycles. The number of nitrogens with one attached hydrogen (secondary N) is 1. The van der Waals surface area contributed by atoms with Gasteiger partial charge in [0.1, 0.15) is 0 Å². The zero-order chi connectivity index (χ0) is 9.97. The summed E-state index contributed by atoms with van der Waals surface area (Å²) in [5.41, 5.74) is 2.95. The monoisotopic (exact) mass is 271 g/mol. The fourth-order valence-electron chi connectivity index (χ4n) is 1.86. The van der Waals surface area contributed by atoms with Gasteiger partial charge in [-0.1, -0.05) is 22.0 Å². The minimum absolute atomic E-state index is 0.525. The molecule has 0 saturated carbocycles. The first-order chi connectivity index (χ1) is 6.81. The molecular weight excluding hydrogens is 258 g/mol. The lowest BCUT2D eigenvalue weighted by Gasteiger charge is -2.16. The van der Waals surface area contributed by atoms with E-state index in [4.69, 9.17) is 0 Å². The number of thioether (sulfide) groups is 1. The van der Waals surface area contributed by atoms with Crippen molar-refractivity contribution in [1.82, 2.24) is 5.32 Å². The molecular formula is C11H14BrNS. The third kappa shape index (κ3) is 2.15. The van der Waals surface area contributed by atoms with Crippen LogP contribution in [0.3, 0.4) is 0 Å². The molecule has 1 heterocycles. The number of rotatable bonds is 1. The van der Waals surface area contributed by atoms with Crippen molar-refractivity contribution in [2.75, 3.05) is 12.8 Å². The first kappa shape index (κ1) is 10.5. The number of hydrogen-bond acceptors (Lipinski definition) is 2. The van der Waals surface area contributed by atoms with Crippen LogP contribution in [0.2, 0.25) is 0 Å². The van der Waals surface area contributed by atoms with E-state index in [1.807, 2.05) is 18.8 Å². The molecule has 1 aliphatic rings. The quantitative estimate of drug-likeness (QED) is 0.841. The van der Waals surface area contributed by atoms with Gasteiger partial charge in [-0.05, 0) is 42.5 Å². The molecule has 76 valence electrons. The zero-order valence-corrected chi connectivity index (χ0v) is 10.6. The first-order valence-electron chi connectivity index (χ1n) is 4.84. The van der Waals surface area contributed by atoms with E-state index < -0.39 is 0 Å². The molecule has 2 rings (SSSR count). The molecule has 1 nitrogen and oxygen atoms in total. The molecule has 1 atom stereocenters. The van der Waals surface area contributed by atoms with Crippen LogP contribution >= 0.6 is 27.7 Å². The summed E-state index contributed by atoms with van der Waals surface area (Å²) in [5, 5.41) is 3.39. The highest BCUT2D eigenvalue weighted by atomic mass is 79.9. The highest BCUT2D eigenvalue weighted by molar-refractivity contribution is 9.10. The number of fused-ring (bicyclic) bond motifs is 1. The summed E-state index contributed by atoms with van der Waals surface area (Å²) in [4.78, 5) is 0. The average molecular weight is 272 g/mol. The van der Waals surface area contributed by atoms with Crippen molar-refractivity contribution >= 4 is 27.7 Å². The Morgan fingerprint density at radius 3 is 3.14 bits per heavy atom. The van der Waals surface area contributed by atoms with E-state index in [-0.39, 0.29) is 0 Å². The van der Waals surface area contributed by atoms with E-state index in [1.54, 1.807) is 0 Å². The Kier molecular flexibility index (Phi) is 3.52. The van der Waals surface area contributed by atoms with E-state index in [1.165, 1.54) is 27.8 Å². The summed E-state index contributed by atoms with van der Waals surface area (Å²) in [6.45, 7) is 0. The standard InChI is InChI=1S/C11H14BrNS/c1-13-11-4-5-14-7-8-2-3-9(12)6-10(8)11/h2-3,6,11,13H,4-5,7H2,1H3. The highest BCUT2D eigenvalue weighted by Gasteiger charge is 2.17. The van der Waals surface area contributed by atoms with E-state index >= 15 is 0 Å². The van der Waals surface area contributed by atoms with Crippen molar-refractivity contribution in [2.24, 2.45) is 0 Å². The van der Waals surface area contributed by atoms with Gasteiger partial charge in [-0.2, -0.15) is 11.8 Å². The van der Waals surface area contributed by atoms with Crippen LogP contribution < -0.4 is 5.32 Å². The normalized spacial score (nSPS) is 21.4. The zero-order valence-electron chi connectivity index (χ0n) is 8.22. The molecule has 0 amide bonds. The Balaban J connectivity index is 2.40. The molecule has 0 fully saturated rings. The van der Waals surface area contributed by atoms with Crippen molar-refractivity contribution in [3.63, 3.8) is 0 Å². The van der Waals surface area contributed by atoms with E-state index in [9.17, 15) is 0 Å². The minimum atomic E-state index is 0.525. The Labute approximate surface area is 97.8 Å². The fourth-order valence-corrected chi connectivity index (χ4v) is 3.27. The molecule has 0 radical (unpaired) electrons. The van der Waals surface area contributed by atoms with Crippen LogP contribution in [0.15, 0.2) is 22.7 Å². The van der Waals surface area contributed by atoms with Crippen molar-refractivity contribution in [1.29, 1.82) is 0 Å². The molecule has 1 aliphatic heterocycles. The van der Waals surface area contributed by atoms with Crippen LogP contribution in [0, 0.1) is 0 Å². The predicted octanol–water partition coefficient (Wildman–Crippen LogP) is 3.35. The molecule has 1 unspecified atom stereocenters. The van der Waals surface area contributed by atoms with Gasteiger partial charge >= 0.3 is 0 Å². The maximum atomic E-state index is 3.54. The number of benzene rings is 1. The lowest BCUT2D eigenvalue weighted by molar-refractivity contribution is 0.581. The highest BCUT2D eigenvalue weighted by Crippen LogP contribution is 2.32. The molecule has 1 aromatic rings. The van der Waals surface area contributed by atoms with Crippen LogP contribution in [0.25, 0.3) is 0 Å². The molecule has 0 spiro atoms. The maximum absolute atomic E-state index is 3.54. The third-order valence-corrected chi connectivity index (χ3v) is 4.17. The van der Waals surface area contributed by atoms with Crippen molar-refractivity contribution in [3.8, 4) is 0 Å². The van der Waals surface area contributed by atoms with Crippen LogP contribution in [0.4, 0.5) is 0 Å². The van der Waals surface area contributed by atoms with E-state index in [0.717, 1.165) is 5.75 Å². The molecule has 0 saturated heterocycles. The Morgan fingerprint density at radius 2 is 2.36 bits per heavy atom. The average Bonchev–Trinajstić information content (AvgIpc) is 2.39. The van der Waals surface area contributed by atoms with Gasteiger partial charge in [0.25, 0.3) is 0 Å². The molecule has 1 N–H and O–H groups in total. The first-order valence-corrected chi connectivity index (χ1v) is 6.79. The van der Waals surface area contributed by atoms with E-state index in [0.29, 0.717) is 6.04 Å². The van der Waals surface area contributed by atoms with Gasteiger partial charge in [0.2, 0.25) is 0 Å². The second kappa shape index (κ2) is 4.69. The summed E-state index contributed by atoms with van der Waals surface area (Å²) < 4.78 is 1.18. The van der Waals surface area contributed by atoms with Gasteiger partial charge in [0.15, 0.2) is 0 Å². The summed E-state index contributed by atoms with van der Waals surface area (Å²) in [5.74, 6) is 2.40. The maximum Gasteiger partial charge on any atom is 0.0328 e. The third-order valence-electron chi connectivity index (χ3n) is 2.64. The van der Waals surface area contributed by atoms with Crippen LogP contribution in [-0.4, -0.2) is 12.8 Å². The summed E-state index contributed by atoms with van der Waals surface area (Å²) in [7, 11) is 2.05. The molecule has 0 bridgehead atoms. The lowest BCUT2D eigenvalue weighted by atomic mass is 10.00. The largest absolute Gasteiger partial charge is 0.313 e. The van der Waals surface area contributed by atoms with Crippen molar-refractivity contribution < 1.29 is 0 Å². The Hall–Kier alpha value is 0.01000. The van der Waals surface area contributed by atoms with Crippen molar-refractivity contribution in [3.05, 3.63) is 33.8 Å². The number of hydrogen-bond donors (Lipinski definition) is 1. The number of halogens is 1. The summed E-state index contributed by atoms with van der Waals surface area (Å²) >= 11 is 5.57. The predicted molar refractivity (Wildman–Crippen MR) is 66.7 cm³/mol. The van der Waals surface area contributed by atoms with E-state index in [2.05, 4.69) is 39.4 Å². The minimum Gasteiger partial charge on any atom is -0.313 e. The Bertz CT molecular complexity index is 327. The van der Waals surface area contributed by atoms with Crippen LogP contribution in [0.5, 0.6) is 0 Å². The van der Waals surface area contributed by atoms with Gasteiger partial charge in [-0.15, -0.1) is 0 Å². The summed E-state index contributed by atoms with van der Waals surface area (Å²) in [6.07, 6.45) is 1.23. The van der Waals surface area contributed by atoms with Crippen LogP contribution in [0.1, 0.15) is 23.6 Å². The molecule has 0 aliphatic carbocycles. The Morgan fingerprint density at radius 1 is 1.50 bits per heavy atom. The van der Waals surface area contributed by atoms with Gasteiger partial charge in [0, 0.05) is 16.3 Å². The summed E-state index contributed by atoms with van der Waals surface area (Å²) in [6, 6.07) is 7.15. The lowest BCUT2D eigenvalue weighted by Crippen LogP contribution is -2.17. The van der Waals surface area contributed by atoms with Gasteiger partial charge in [-0.25, -0.2) is 0 Å². The second-order valence-electron chi connectivity index (χ2n) is 3.53. The topological polar surface area (TPSA) is 12.0 Å². The fraction of sp³-hybridized carbons (Fsp3) is 0.455. The molecule has 14 heavy (non-hydrogen) atoms. The van der Waals surface area contributed by atoms with Crippen molar-refractivity contribution in [2.45, 2.75) is 18.2 Å². The van der Waals surface area contributed by atoms with Gasteiger partial charge in [0.05, 0.1) is 0 Å². The molecule has 1 aromatic carbocycles. The van der Waals surface area contributed by atoms with Crippen LogP contribution in [-0.2, 0) is 5.75 Å². The van der Waals surface area contributed by atoms with Gasteiger partial charge < -0.3 is 5.32 Å².